The Morgan fingerprint density at radius 1 is 1.35 bits per heavy atom. The third kappa shape index (κ3) is 3.48. The molecule has 0 aromatic carbocycles. The van der Waals surface area contributed by atoms with Crippen LogP contribution < -0.4 is 5.32 Å². The first kappa shape index (κ1) is 14.8. The van der Waals surface area contributed by atoms with Gasteiger partial charge in [-0.15, -0.1) is 0 Å². The molecule has 1 aromatic rings. The molecule has 6 heteroatoms. The molecule has 0 saturated heterocycles. The summed E-state index contributed by atoms with van der Waals surface area (Å²) in [6.07, 6.45) is 6.01. The number of aromatic nitrogens is 1. The van der Waals surface area contributed by atoms with Crippen LogP contribution in [-0.2, 0) is 9.53 Å². The summed E-state index contributed by atoms with van der Waals surface area (Å²) in [4.78, 5) is 27.4. The van der Waals surface area contributed by atoms with Crippen LogP contribution >= 0.6 is 11.6 Å². The van der Waals surface area contributed by atoms with E-state index in [-0.39, 0.29) is 23.8 Å². The molecule has 1 aromatic heterocycles. The Kier molecular flexibility index (Phi) is 4.95. The van der Waals surface area contributed by atoms with Gasteiger partial charge in [-0.1, -0.05) is 11.6 Å². The summed E-state index contributed by atoms with van der Waals surface area (Å²) in [5, 5.41) is 3.29. The van der Waals surface area contributed by atoms with Crippen molar-refractivity contribution in [1.29, 1.82) is 0 Å². The zero-order valence-corrected chi connectivity index (χ0v) is 12.0. The van der Waals surface area contributed by atoms with Gasteiger partial charge in [0.15, 0.2) is 0 Å². The van der Waals surface area contributed by atoms with Gasteiger partial charge >= 0.3 is 5.97 Å². The van der Waals surface area contributed by atoms with Crippen LogP contribution in [0, 0.1) is 5.92 Å². The van der Waals surface area contributed by atoms with Crippen molar-refractivity contribution >= 4 is 23.5 Å². The van der Waals surface area contributed by atoms with Gasteiger partial charge in [-0.05, 0) is 31.7 Å². The van der Waals surface area contributed by atoms with Gasteiger partial charge in [0.25, 0.3) is 5.91 Å². The van der Waals surface area contributed by atoms with Gasteiger partial charge in [-0.3, -0.25) is 14.6 Å². The highest BCUT2D eigenvalue weighted by atomic mass is 35.5. The summed E-state index contributed by atoms with van der Waals surface area (Å²) in [6.45, 7) is 0. The maximum atomic E-state index is 12.1. The van der Waals surface area contributed by atoms with Gasteiger partial charge in [0.1, 0.15) is 0 Å². The molecule has 1 fully saturated rings. The van der Waals surface area contributed by atoms with Crippen LogP contribution in [0.15, 0.2) is 18.5 Å². The summed E-state index contributed by atoms with van der Waals surface area (Å²) in [6, 6.07) is 1.67. The maximum Gasteiger partial charge on any atom is 0.308 e. The molecule has 1 aliphatic carbocycles. The van der Waals surface area contributed by atoms with Crippen LogP contribution in [0.4, 0.5) is 0 Å². The summed E-state index contributed by atoms with van der Waals surface area (Å²) in [5.41, 5.74) is 0.428. The van der Waals surface area contributed by atoms with E-state index in [9.17, 15) is 9.59 Å². The Morgan fingerprint density at radius 3 is 2.65 bits per heavy atom. The van der Waals surface area contributed by atoms with E-state index in [0.29, 0.717) is 10.6 Å². The number of hydrogen-bond donors (Lipinski definition) is 1. The van der Waals surface area contributed by atoms with E-state index >= 15 is 0 Å². The van der Waals surface area contributed by atoms with Gasteiger partial charge in [-0.25, -0.2) is 0 Å². The first-order chi connectivity index (χ1) is 9.61. The fourth-order valence-electron chi connectivity index (χ4n) is 2.46. The van der Waals surface area contributed by atoms with Crippen LogP contribution in [0.5, 0.6) is 0 Å². The van der Waals surface area contributed by atoms with Gasteiger partial charge in [0, 0.05) is 18.4 Å². The Morgan fingerprint density at radius 2 is 2.05 bits per heavy atom. The van der Waals surface area contributed by atoms with E-state index in [1.807, 2.05) is 0 Å². The maximum absolute atomic E-state index is 12.1. The SMILES string of the molecule is COC(=O)C1CCC(NC(=O)c2ccncc2Cl)CC1. The largest absolute Gasteiger partial charge is 0.469 e. The number of hydrogen-bond acceptors (Lipinski definition) is 4. The number of esters is 1. The van der Waals surface area contributed by atoms with Crippen LogP contribution in [-0.4, -0.2) is 30.0 Å². The Balaban J connectivity index is 1.88. The number of nitrogens with zero attached hydrogens (tertiary/aromatic N) is 1. The fraction of sp³-hybridized carbons (Fsp3) is 0.500. The molecule has 1 amide bonds. The zero-order valence-electron chi connectivity index (χ0n) is 11.3. The number of carbonyl (C=O) groups is 2. The van der Waals surface area contributed by atoms with Crippen LogP contribution in [0.2, 0.25) is 5.02 Å². The highest BCUT2D eigenvalue weighted by molar-refractivity contribution is 6.33. The molecular formula is C14H17ClN2O3. The first-order valence-electron chi connectivity index (χ1n) is 6.60. The first-order valence-corrected chi connectivity index (χ1v) is 6.97. The van der Waals surface area contributed by atoms with Gasteiger partial charge in [0.05, 0.1) is 23.6 Å². The van der Waals surface area contributed by atoms with Crippen molar-refractivity contribution in [2.75, 3.05) is 7.11 Å². The highest BCUT2D eigenvalue weighted by Crippen LogP contribution is 2.25. The van der Waals surface area contributed by atoms with Crippen molar-refractivity contribution in [3.05, 3.63) is 29.0 Å². The van der Waals surface area contributed by atoms with E-state index in [1.54, 1.807) is 6.07 Å². The summed E-state index contributed by atoms with van der Waals surface area (Å²) < 4.78 is 4.74. The monoisotopic (exact) mass is 296 g/mol. The topological polar surface area (TPSA) is 68.3 Å². The molecule has 108 valence electrons. The molecule has 0 bridgehead atoms. The number of pyridine rings is 1. The number of amides is 1. The third-order valence-electron chi connectivity index (χ3n) is 3.61. The fourth-order valence-corrected chi connectivity index (χ4v) is 2.67. The van der Waals surface area contributed by atoms with Crippen molar-refractivity contribution in [3.63, 3.8) is 0 Å². The van der Waals surface area contributed by atoms with E-state index < -0.39 is 0 Å². The molecule has 0 radical (unpaired) electrons. The number of rotatable bonds is 3. The molecule has 2 rings (SSSR count). The lowest BCUT2D eigenvalue weighted by molar-refractivity contribution is -0.146. The molecule has 5 nitrogen and oxygen atoms in total. The standard InChI is InChI=1S/C14H17ClN2O3/c1-20-14(19)9-2-4-10(5-3-9)17-13(18)11-6-7-16-8-12(11)15/h6-10H,2-5H2,1H3,(H,17,18). The average Bonchev–Trinajstić information content (AvgIpc) is 2.47. The number of ether oxygens (including phenoxy) is 1. The molecular weight excluding hydrogens is 280 g/mol. The summed E-state index contributed by atoms with van der Waals surface area (Å²) >= 11 is 5.94. The predicted octanol–water partition coefficient (Wildman–Crippen LogP) is 2.20. The molecule has 1 aliphatic rings. The zero-order chi connectivity index (χ0) is 14.5. The molecule has 1 N–H and O–H groups in total. The molecule has 0 spiro atoms. The molecule has 0 atom stereocenters. The van der Waals surface area contributed by atoms with Crippen molar-refractivity contribution in [1.82, 2.24) is 10.3 Å². The van der Waals surface area contributed by atoms with Gasteiger partial charge < -0.3 is 10.1 Å². The lowest BCUT2D eigenvalue weighted by Gasteiger charge is -2.27. The van der Waals surface area contributed by atoms with Gasteiger partial charge in [-0.2, -0.15) is 0 Å². The number of nitrogens with one attached hydrogen (secondary N) is 1. The lowest BCUT2D eigenvalue weighted by Crippen LogP contribution is -2.39. The number of methoxy groups -OCH3 is 1. The van der Waals surface area contributed by atoms with Gasteiger partial charge in [0.2, 0.25) is 0 Å². The Hall–Kier alpha value is -1.62. The van der Waals surface area contributed by atoms with Crippen LogP contribution in [0.25, 0.3) is 0 Å². The molecule has 0 aliphatic heterocycles. The Labute approximate surface area is 122 Å². The minimum atomic E-state index is -0.195. The predicted molar refractivity (Wildman–Crippen MR) is 74.5 cm³/mol. The second-order valence-corrected chi connectivity index (χ2v) is 5.31. The Bertz CT molecular complexity index is 499. The normalized spacial score (nSPS) is 22.1. The van der Waals surface area contributed by atoms with Crippen molar-refractivity contribution in [2.45, 2.75) is 31.7 Å². The second kappa shape index (κ2) is 6.70. The minimum absolute atomic E-state index is 0.0438. The van der Waals surface area contributed by atoms with E-state index in [0.717, 1.165) is 25.7 Å². The van der Waals surface area contributed by atoms with E-state index in [1.165, 1.54) is 19.5 Å². The average molecular weight is 297 g/mol. The van der Waals surface area contributed by atoms with Crippen molar-refractivity contribution < 1.29 is 14.3 Å². The molecule has 0 unspecified atom stereocenters. The molecule has 20 heavy (non-hydrogen) atoms. The quantitative estimate of drug-likeness (QED) is 0.868. The van der Waals surface area contributed by atoms with Crippen molar-refractivity contribution in [2.24, 2.45) is 5.92 Å². The number of halogens is 1. The molecule has 1 heterocycles. The highest BCUT2D eigenvalue weighted by Gasteiger charge is 2.28. The van der Waals surface area contributed by atoms with Crippen molar-refractivity contribution in [3.8, 4) is 0 Å². The van der Waals surface area contributed by atoms with E-state index in [4.69, 9.17) is 16.3 Å². The van der Waals surface area contributed by atoms with E-state index in [2.05, 4.69) is 10.3 Å². The number of carbonyl (C=O) groups excluding carboxylic acids is 2. The second-order valence-electron chi connectivity index (χ2n) is 4.90. The lowest BCUT2D eigenvalue weighted by atomic mass is 9.86. The third-order valence-corrected chi connectivity index (χ3v) is 3.92. The smallest absolute Gasteiger partial charge is 0.308 e. The van der Waals surface area contributed by atoms with Crippen LogP contribution in [0.3, 0.4) is 0 Å². The molecule has 1 saturated carbocycles. The summed E-state index contributed by atoms with van der Waals surface area (Å²) in [7, 11) is 1.40. The minimum Gasteiger partial charge on any atom is -0.469 e. The van der Waals surface area contributed by atoms with Crippen LogP contribution in [0.1, 0.15) is 36.0 Å². The summed E-state index contributed by atoms with van der Waals surface area (Å²) in [5.74, 6) is -0.400.